The molecular formula is C15H14ClN3O2. The van der Waals surface area contributed by atoms with Gasteiger partial charge in [-0.05, 0) is 23.8 Å². The SMILES string of the molecule is CNC(=O)Cc1ccc(NC(=O)c2ccncc2Cl)cc1. The molecule has 6 heteroatoms. The Labute approximate surface area is 127 Å². The summed E-state index contributed by atoms with van der Waals surface area (Å²) in [7, 11) is 1.59. The highest BCUT2D eigenvalue weighted by molar-refractivity contribution is 6.34. The van der Waals surface area contributed by atoms with E-state index in [-0.39, 0.29) is 11.8 Å². The molecule has 2 rings (SSSR count). The lowest BCUT2D eigenvalue weighted by molar-refractivity contribution is -0.119. The lowest BCUT2D eigenvalue weighted by Crippen LogP contribution is -2.19. The van der Waals surface area contributed by atoms with E-state index >= 15 is 0 Å². The summed E-state index contributed by atoms with van der Waals surface area (Å²) in [6.07, 6.45) is 3.23. The van der Waals surface area contributed by atoms with Gasteiger partial charge in [0.05, 0.1) is 17.0 Å². The average Bonchev–Trinajstić information content (AvgIpc) is 2.49. The smallest absolute Gasteiger partial charge is 0.257 e. The molecule has 0 spiro atoms. The van der Waals surface area contributed by atoms with E-state index in [1.165, 1.54) is 12.4 Å². The predicted octanol–water partition coefficient (Wildman–Crippen LogP) is 2.28. The zero-order chi connectivity index (χ0) is 15.2. The fourth-order valence-corrected chi connectivity index (χ4v) is 1.94. The van der Waals surface area contributed by atoms with Gasteiger partial charge in [-0.15, -0.1) is 0 Å². The molecule has 0 aliphatic rings. The number of carbonyl (C=O) groups is 2. The van der Waals surface area contributed by atoms with Crippen molar-refractivity contribution in [2.45, 2.75) is 6.42 Å². The quantitative estimate of drug-likeness (QED) is 0.910. The third-order valence-corrected chi connectivity index (χ3v) is 3.17. The Morgan fingerprint density at radius 3 is 2.52 bits per heavy atom. The number of aromatic nitrogens is 1. The summed E-state index contributed by atoms with van der Waals surface area (Å²) in [6, 6.07) is 8.62. The van der Waals surface area contributed by atoms with Crippen LogP contribution in [0.1, 0.15) is 15.9 Å². The van der Waals surface area contributed by atoms with Crippen molar-refractivity contribution < 1.29 is 9.59 Å². The number of anilines is 1. The Balaban J connectivity index is 2.05. The normalized spacial score (nSPS) is 10.0. The maximum absolute atomic E-state index is 12.1. The first kappa shape index (κ1) is 15.0. The Hall–Kier alpha value is -2.40. The molecular weight excluding hydrogens is 290 g/mol. The van der Waals surface area contributed by atoms with E-state index in [2.05, 4.69) is 15.6 Å². The number of amides is 2. The standard InChI is InChI=1S/C15H14ClN3O2/c1-17-14(20)8-10-2-4-11(5-3-10)19-15(21)12-6-7-18-9-13(12)16/h2-7,9H,8H2,1H3,(H,17,20)(H,19,21). The molecule has 5 nitrogen and oxygen atoms in total. The number of hydrogen-bond donors (Lipinski definition) is 2. The summed E-state index contributed by atoms with van der Waals surface area (Å²) < 4.78 is 0. The summed E-state index contributed by atoms with van der Waals surface area (Å²) in [5.41, 5.74) is 1.86. The van der Waals surface area contributed by atoms with Crippen molar-refractivity contribution in [2.75, 3.05) is 12.4 Å². The summed E-state index contributed by atoms with van der Waals surface area (Å²) >= 11 is 5.92. The summed E-state index contributed by atoms with van der Waals surface area (Å²) in [4.78, 5) is 27.2. The van der Waals surface area contributed by atoms with Crippen LogP contribution in [0.3, 0.4) is 0 Å². The molecule has 0 bridgehead atoms. The first-order valence-corrected chi connectivity index (χ1v) is 6.68. The molecule has 0 fully saturated rings. The number of nitrogens with zero attached hydrogens (tertiary/aromatic N) is 1. The molecule has 21 heavy (non-hydrogen) atoms. The van der Waals surface area contributed by atoms with Gasteiger partial charge < -0.3 is 10.6 Å². The molecule has 2 amide bonds. The third-order valence-electron chi connectivity index (χ3n) is 2.87. The van der Waals surface area contributed by atoms with Crippen LogP contribution in [0, 0.1) is 0 Å². The van der Waals surface area contributed by atoms with Gasteiger partial charge in [-0.3, -0.25) is 14.6 Å². The summed E-state index contributed by atoms with van der Waals surface area (Å²) in [5, 5.41) is 5.60. The highest BCUT2D eigenvalue weighted by Crippen LogP contribution is 2.16. The second-order valence-electron chi connectivity index (χ2n) is 4.36. The molecule has 108 valence electrons. The number of likely N-dealkylation sites (N-methyl/N-ethyl adjacent to an activating group) is 1. The molecule has 2 N–H and O–H groups in total. The van der Waals surface area contributed by atoms with Crippen molar-refractivity contribution in [3.8, 4) is 0 Å². The van der Waals surface area contributed by atoms with E-state index in [0.29, 0.717) is 22.7 Å². The molecule has 0 atom stereocenters. The molecule has 0 saturated heterocycles. The van der Waals surface area contributed by atoms with Crippen molar-refractivity contribution in [2.24, 2.45) is 0 Å². The van der Waals surface area contributed by atoms with E-state index in [4.69, 9.17) is 11.6 Å². The van der Waals surface area contributed by atoms with Gasteiger partial charge in [-0.1, -0.05) is 23.7 Å². The average molecular weight is 304 g/mol. The van der Waals surface area contributed by atoms with E-state index in [9.17, 15) is 9.59 Å². The number of halogens is 1. The van der Waals surface area contributed by atoms with Gasteiger partial charge in [0.2, 0.25) is 5.91 Å². The predicted molar refractivity (Wildman–Crippen MR) is 81.4 cm³/mol. The number of nitrogens with one attached hydrogen (secondary N) is 2. The number of rotatable bonds is 4. The van der Waals surface area contributed by atoms with E-state index in [0.717, 1.165) is 5.56 Å². The van der Waals surface area contributed by atoms with Crippen molar-refractivity contribution >= 4 is 29.1 Å². The Bertz CT molecular complexity index is 656. The summed E-state index contributed by atoms with van der Waals surface area (Å²) in [6.45, 7) is 0. The van der Waals surface area contributed by atoms with E-state index < -0.39 is 0 Å². The molecule has 0 aliphatic heterocycles. The molecule has 0 saturated carbocycles. The number of carbonyl (C=O) groups excluding carboxylic acids is 2. The molecule has 1 aromatic carbocycles. The topological polar surface area (TPSA) is 71.1 Å². The number of hydrogen-bond acceptors (Lipinski definition) is 3. The Morgan fingerprint density at radius 2 is 1.90 bits per heavy atom. The van der Waals surface area contributed by atoms with Gasteiger partial charge in [0.1, 0.15) is 0 Å². The molecule has 0 unspecified atom stereocenters. The van der Waals surface area contributed by atoms with Gasteiger partial charge in [0.15, 0.2) is 0 Å². The zero-order valence-corrected chi connectivity index (χ0v) is 12.1. The Morgan fingerprint density at radius 1 is 1.19 bits per heavy atom. The van der Waals surface area contributed by atoms with Crippen molar-refractivity contribution in [3.05, 3.63) is 58.9 Å². The fourth-order valence-electron chi connectivity index (χ4n) is 1.74. The van der Waals surface area contributed by atoms with E-state index in [1.807, 2.05) is 0 Å². The maximum Gasteiger partial charge on any atom is 0.257 e. The van der Waals surface area contributed by atoms with Crippen LogP contribution in [0.15, 0.2) is 42.7 Å². The zero-order valence-electron chi connectivity index (χ0n) is 11.4. The van der Waals surface area contributed by atoms with Crippen LogP contribution in [-0.4, -0.2) is 23.8 Å². The minimum atomic E-state index is -0.304. The molecule has 1 heterocycles. The largest absolute Gasteiger partial charge is 0.359 e. The van der Waals surface area contributed by atoms with Crippen molar-refractivity contribution in [1.29, 1.82) is 0 Å². The van der Waals surface area contributed by atoms with Crippen LogP contribution in [0.25, 0.3) is 0 Å². The maximum atomic E-state index is 12.1. The monoisotopic (exact) mass is 303 g/mol. The third kappa shape index (κ3) is 4.03. The minimum absolute atomic E-state index is 0.0599. The molecule has 2 aromatic rings. The lowest BCUT2D eigenvalue weighted by atomic mass is 10.1. The van der Waals surface area contributed by atoms with Crippen LogP contribution in [0.5, 0.6) is 0 Å². The van der Waals surface area contributed by atoms with Gasteiger partial charge in [0, 0.05) is 25.1 Å². The molecule has 1 aromatic heterocycles. The van der Waals surface area contributed by atoms with Crippen LogP contribution in [0.4, 0.5) is 5.69 Å². The molecule has 0 radical (unpaired) electrons. The second-order valence-corrected chi connectivity index (χ2v) is 4.76. The highest BCUT2D eigenvalue weighted by Gasteiger charge is 2.10. The number of benzene rings is 1. The minimum Gasteiger partial charge on any atom is -0.359 e. The highest BCUT2D eigenvalue weighted by atomic mass is 35.5. The van der Waals surface area contributed by atoms with Gasteiger partial charge >= 0.3 is 0 Å². The van der Waals surface area contributed by atoms with Crippen LogP contribution < -0.4 is 10.6 Å². The summed E-state index contributed by atoms with van der Waals surface area (Å²) in [5.74, 6) is -0.364. The van der Waals surface area contributed by atoms with Gasteiger partial charge in [0.25, 0.3) is 5.91 Å². The van der Waals surface area contributed by atoms with Crippen LogP contribution in [-0.2, 0) is 11.2 Å². The van der Waals surface area contributed by atoms with Crippen LogP contribution in [0.2, 0.25) is 5.02 Å². The fraction of sp³-hybridized carbons (Fsp3) is 0.133. The lowest BCUT2D eigenvalue weighted by Gasteiger charge is -2.07. The van der Waals surface area contributed by atoms with E-state index in [1.54, 1.807) is 37.4 Å². The first-order chi connectivity index (χ1) is 10.1. The molecule has 0 aliphatic carbocycles. The van der Waals surface area contributed by atoms with Gasteiger partial charge in [-0.25, -0.2) is 0 Å². The van der Waals surface area contributed by atoms with Crippen molar-refractivity contribution in [3.63, 3.8) is 0 Å². The number of pyridine rings is 1. The van der Waals surface area contributed by atoms with Gasteiger partial charge in [-0.2, -0.15) is 0 Å². The van der Waals surface area contributed by atoms with Crippen molar-refractivity contribution in [1.82, 2.24) is 10.3 Å². The van der Waals surface area contributed by atoms with Crippen LogP contribution >= 0.6 is 11.6 Å². The first-order valence-electron chi connectivity index (χ1n) is 6.30. The second kappa shape index (κ2) is 6.85. The Kier molecular flexibility index (Phi) is 4.90.